The molecule has 3 aromatic rings. The molecule has 3 rings (SSSR count). The van der Waals surface area contributed by atoms with E-state index in [4.69, 9.17) is 4.74 Å². The first-order valence-corrected chi connectivity index (χ1v) is 8.87. The normalized spacial score (nSPS) is 10.4. The van der Waals surface area contributed by atoms with Gasteiger partial charge in [0, 0.05) is 18.3 Å². The molecular weight excluding hydrogens is 356 g/mol. The molecule has 0 saturated carbocycles. The van der Waals surface area contributed by atoms with Gasteiger partial charge in [-0.15, -0.1) is 0 Å². The van der Waals surface area contributed by atoms with E-state index in [-0.39, 0.29) is 5.56 Å². The van der Waals surface area contributed by atoms with E-state index in [1.165, 1.54) is 0 Å². The van der Waals surface area contributed by atoms with Gasteiger partial charge in [0.1, 0.15) is 11.6 Å². The number of benzene rings is 2. The van der Waals surface area contributed by atoms with Crippen LogP contribution in [0, 0.1) is 6.92 Å². The number of carboxylic acid groups (broad SMARTS) is 1. The largest absolute Gasteiger partial charge is 0.497 e. The van der Waals surface area contributed by atoms with E-state index in [1.54, 1.807) is 37.4 Å². The van der Waals surface area contributed by atoms with Crippen LogP contribution in [0.5, 0.6) is 5.75 Å². The number of hydrogen-bond acceptors (Lipinski definition) is 6. The van der Waals surface area contributed by atoms with Crippen molar-refractivity contribution in [2.45, 2.75) is 13.3 Å². The molecule has 0 aliphatic carbocycles. The van der Waals surface area contributed by atoms with Gasteiger partial charge in [-0.1, -0.05) is 24.3 Å². The molecule has 1 aromatic heterocycles. The second kappa shape index (κ2) is 8.85. The molecule has 0 unspecified atom stereocenters. The van der Waals surface area contributed by atoms with Crippen molar-refractivity contribution in [1.82, 2.24) is 9.97 Å². The second-order valence-electron chi connectivity index (χ2n) is 6.22. The summed E-state index contributed by atoms with van der Waals surface area (Å²) in [7, 11) is 1.65. The Hall–Kier alpha value is -3.61. The number of para-hydroxylation sites is 1. The van der Waals surface area contributed by atoms with E-state index >= 15 is 0 Å². The Morgan fingerprint density at radius 3 is 2.71 bits per heavy atom. The SMILES string of the molecule is COc1cccc(CCNc2nc(C)cc(Nc3ccccc3C(=O)O)n2)c1. The van der Waals surface area contributed by atoms with Crippen molar-refractivity contribution in [3.8, 4) is 5.75 Å². The van der Waals surface area contributed by atoms with Gasteiger partial charge in [-0.25, -0.2) is 9.78 Å². The zero-order chi connectivity index (χ0) is 19.9. The molecule has 0 radical (unpaired) electrons. The summed E-state index contributed by atoms with van der Waals surface area (Å²) in [6.07, 6.45) is 0.791. The fraction of sp³-hybridized carbons (Fsp3) is 0.190. The minimum absolute atomic E-state index is 0.186. The van der Waals surface area contributed by atoms with Crippen LogP contribution in [0.25, 0.3) is 0 Å². The van der Waals surface area contributed by atoms with Crippen molar-refractivity contribution in [2.24, 2.45) is 0 Å². The van der Waals surface area contributed by atoms with Crippen LogP contribution in [-0.2, 0) is 6.42 Å². The molecule has 2 aromatic carbocycles. The number of hydrogen-bond donors (Lipinski definition) is 3. The van der Waals surface area contributed by atoms with Crippen molar-refractivity contribution < 1.29 is 14.6 Å². The van der Waals surface area contributed by atoms with Crippen molar-refractivity contribution in [3.63, 3.8) is 0 Å². The molecule has 0 spiro atoms. The predicted molar refractivity (Wildman–Crippen MR) is 109 cm³/mol. The van der Waals surface area contributed by atoms with Crippen LogP contribution in [0.1, 0.15) is 21.6 Å². The standard InChI is InChI=1S/C21H22N4O3/c1-14-12-19(24-18-9-4-3-8-17(18)20(26)27)25-21(23-14)22-11-10-15-6-5-7-16(13-15)28-2/h3-9,12-13H,10-11H2,1-2H3,(H,26,27)(H2,22,23,24,25). The van der Waals surface area contributed by atoms with Gasteiger partial charge in [-0.05, 0) is 43.2 Å². The summed E-state index contributed by atoms with van der Waals surface area (Å²) < 4.78 is 5.24. The monoisotopic (exact) mass is 378 g/mol. The van der Waals surface area contributed by atoms with Crippen molar-refractivity contribution in [1.29, 1.82) is 0 Å². The van der Waals surface area contributed by atoms with Gasteiger partial charge in [-0.3, -0.25) is 0 Å². The maximum absolute atomic E-state index is 11.4. The third-order valence-electron chi connectivity index (χ3n) is 4.11. The zero-order valence-corrected chi connectivity index (χ0v) is 15.8. The number of nitrogens with one attached hydrogen (secondary N) is 2. The number of aromatic nitrogens is 2. The molecule has 144 valence electrons. The molecular formula is C21H22N4O3. The molecule has 7 nitrogen and oxygen atoms in total. The Morgan fingerprint density at radius 2 is 1.93 bits per heavy atom. The number of carbonyl (C=O) groups is 1. The molecule has 3 N–H and O–H groups in total. The predicted octanol–water partition coefficient (Wildman–Crippen LogP) is 3.89. The van der Waals surface area contributed by atoms with Crippen LogP contribution in [0.3, 0.4) is 0 Å². The van der Waals surface area contributed by atoms with Crippen LogP contribution >= 0.6 is 0 Å². The lowest BCUT2D eigenvalue weighted by Gasteiger charge is -2.12. The van der Waals surface area contributed by atoms with Gasteiger partial charge in [-0.2, -0.15) is 4.98 Å². The number of methoxy groups -OCH3 is 1. The number of nitrogens with zero attached hydrogens (tertiary/aromatic N) is 2. The zero-order valence-electron chi connectivity index (χ0n) is 15.8. The molecule has 0 amide bonds. The molecule has 0 aliphatic heterocycles. The number of rotatable bonds is 8. The van der Waals surface area contributed by atoms with Crippen LogP contribution in [0.4, 0.5) is 17.5 Å². The molecule has 28 heavy (non-hydrogen) atoms. The fourth-order valence-electron chi connectivity index (χ4n) is 2.77. The Bertz CT molecular complexity index is 975. The van der Waals surface area contributed by atoms with E-state index in [0.29, 0.717) is 24.0 Å². The Labute approximate surface area is 163 Å². The summed E-state index contributed by atoms with van der Waals surface area (Å²) in [6.45, 7) is 2.52. The molecule has 1 heterocycles. The lowest BCUT2D eigenvalue weighted by atomic mass is 10.1. The van der Waals surface area contributed by atoms with Gasteiger partial charge in [0.2, 0.25) is 5.95 Å². The quantitative estimate of drug-likeness (QED) is 0.547. The summed E-state index contributed by atoms with van der Waals surface area (Å²) in [5, 5.41) is 15.6. The van der Waals surface area contributed by atoms with Gasteiger partial charge in [0.15, 0.2) is 0 Å². The number of ether oxygens (including phenoxy) is 1. The topological polar surface area (TPSA) is 96.4 Å². The van der Waals surface area contributed by atoms with Crippen LogP contribution in [0.2, 0.25) is 0 Å². The fourth-order valence-corrected chi connectivity index (χ4v) is 2.77. The highest BCUT2D eigenvalue weighted by molar-refractivity contribution is 5.95. The van der Waals surface area contributed by atoms with Gasteiger partial charge >= 0.3 is 5.97 Å². The molecule has 0 saturated heterocycles. The van der Waals surface area contributed by atoms with E-state index in [0.717, 1.165) is 23.4 Å². The average Bonchev–Trinajstić information content (AvgIpc) is 2.68. The highest BCUT2D eigenvalue weighted by Gasteiger charge is 2.10. The minimum Gasteiger partial charge on any atom is -0.497 e. The number of anilines is 3. The molecule has 0 atom stereocenters. The number of aromatic carboxylic acids is 1. The summed E-state index contributed by atoms with van der Waals surface area (Å²) in [4.78, 5) is 20.2. The molecule has 0 aliphatic rings. The first kappa shape index (κ1) is 19.2. The van der Waals surface area contributed by atoms with E-state index in [9.17, 15) is 9.90 Å². The van der Waals surface area contributed by atoms with E-state index in [1.807, 2.05) is 31.2 Å². The summed E-state index contributed by atoms with van der Waals surface area (Å²) in [6, 6.07) is 16.4. The van der Waals surface area contributed by atoms with Crippen LogP contribution in [-0.4, -0.2) is 34.7 Å². The van der Waals surface area contributed by atoms with Crippen LogP contribution < -0.4 is 15.4 Å². The maximum Gasteiger partial charge on any atom is 0.337 e. The van der Waals surface area contributed by atoms with Crippen molar-refractivity contribution in [3.05, 3.63) is 71.4 Å². The third kappa shape index (κ3) is 4.97. The Kier molecular flexibility index (Phi) is 6.06. The average molecular weight is 378 g/mol. The highest BCUT2D eigenvalue weighted by Crippen LogP contribution is 2.21. The number of aryl methyl sites for hydroxylation is 1. The van der Waals surface area contributed by atoms with E-state index < -0.39 is 5.97 Å². The smallest absolute Gasteiger partial charge is 0.337 e. The summed E-state index contributed by atoms with van der Waals surface area (Å²) >= 11 is 0. The van der Waals surface area contributed by atoms with Gasteiger partial charge < -0.3 is 20.5 Å². The first-order chi connectivity index (χ1) is 13.5. The summed E-state index contributed by atoms with van der Waals surface area (Å²) in [5.74, 6) is 0.849. The van der Waals surface area contributed by atoms with Crippen molar-refractivity contribution >= 4 is 23.4 Å². The van der Waals surface area contributed by atoms with Crippen molar-refractivity contribution in [2.75, 3.05) is 24.3 Å². The molecule has 7 heteroatoms. The van der Waals surface area contributed by atoms with Gasteiger partial charge in [0.25, 0.3) is 0 Å². The minimum atomic E-state index is -0.995. The van der Waals surface area contributed by atoms with Gasteiger partial charge in [0.05, 0.1) is 18.4 Å². The van der Waals surface area contributed by atoms with Crippen LogP contribution in [0.15, 0.2) is 54.6 Å². The summed E-state index contributed by atoms with van der Waals surface area (Å²) in [5.41, 5.74) is 2.59. The Morgan fingerprint density at radius 1 is 1.11 bits per heavy atom. The molecule has 0 fully saturated rings. The van der Waals surface area contributed by atoms with E-state index in [2.05, 4.69) is 20.6 Å². The lowest BCUT2D eigenvalue weighted by Crippen LogP contribution is -2.10. The highest BCUT2D eigenvalue weighted by atomic mass is 16.5. The second-order valence-corrected chi connectivity index (χ2v) is 6.22. The maximum atomic E-state index is 11.4. The number of carboxylic acids is 1. The molecule has 0 bridgehead atoms. The Balaban J connectivity index is 1.69. The lowest BCUT2D eigenvalue weighted by molar-refractivity contribution is 0.0698. The third-order valence-corrected chi connectivity index (χ3v) is 4.11. The first-order valence-electron chi connectivity index (χ1n) is 8.87.